The van der Waals surface area contributed by atoms with E-state index >= 15 is 0 Å². The minimum Gasteiger partial charge on any atom is -0.399 e. The molecule has 0 amide bonds. The zero-order valence-electron chi connectivity index (χ0n) is 15.2. The van der Waals surface area contributed by atoms with Crippen molar-refractivity contribution < 1.29 is 21.9 Å². The summed E-state index contributed by atoms with van der Waals surface area (Å²) in [5.74, 6) is 0.225. The average molecular weight is 355 g/mol. The Hall–Kier alpha value is -1.09. The van der Waals surface area contributed by atoms with Gasteiger partial charge in [0.25, 0.3) is 0 Å². The first-order valence-electron chi connectivity index (χ1n) is 8.18. The molecule has 0 spiro atoms. The Balaban J connectivity index is 2.33. The molecule has 0 N–H and O–H groups in total. The third-order valence-corrected chi connectivity index (χ3v) is 6.18. The fourth-order valence-electron chi connectivity index (χ4n) is 2.43. The Kier molecular flexibility index (Phi) is 5.35. The lowest BCUT2D eigenvalue weighted by Gasteiger charge is -2.32. The quantitative estimate of drug-likeness (QED) is 0.730. The van der Waals surface area contributed by atoms with Gasteiger partial charge in [-0.3, -0.25) is 0 Å². The SMILES string of the molecule is CCN(CC)S(=O)(=O)Oc1ccccc1B1OC(C)(C)C(C)(C)O1. The second-order valence-corrected chi connectivity index (χ2v) is 8.29. The fourth-order valence-corrected chi connectivity index (χ4v) is 3.54. The Morgan fingerprint density at radius 2 is 1.54 bits per heavy atom. The molecule has 2 rings (SSSR count). The largest absolute Gasteiger partial charge is 0.498 e. The molecule has 0 atom stereocenters. The summed E-state index contributed by atoms with van der Waals surface area (Å²) in [4.78, 5) is 0. The minimum absolute atomic E-state index is 0.225. The van der Waals surface area contributed by atoms with Crippen LogP contribution < -0.4 is 9.65 Å². The summed E-state index contributed by atoms with van der Waals surface area (Å²) >= 11 is 0. The van der Waals surface area contributed by atoms with E-state index in [1.807, 2.05) is 27.7 Å². The van der Waals surface area contributed by atoms with Crippen molar-refractivity contribution in [2.45, 2.75) is 52.7 Å². The maximum absolute atomic E-state index is 12.4. The topological polar surface area (TPSA) is 65.1 Å². The molecule has 0 bridgehead atoms. The van der Waals surface area contributed by atoms with Crippen LogP contribution in [0, 0.1) is 0 Å². The monoisotopic (exact) mass is 355 g/mol. The highest BCUT2D eigenvalue weighted by Gasteiger charge is 2.52. The summed E-state index contributed by atoms with van der Waals surface area (Å²) in [7, 11) is -4.55. The highest BCUT2D eigenvalue weighted by Crippen LogP contribution is 2.37. The van der Waals surface area contributed by atoms with E-state index < -0.39 is 28.6 Å². The van der Waals surface area contributed by atoms with Crippen molar-refractivity contribution in [3.05, 3.63) is 24.3 Å². The molecule has 134 valence electrons. The molecule has 0 radical (unpaired) electrons. The van der Waals surface area contributed by atoms with E-state index in [0.717, 1.165) is 0 Å². The van der Waals surface area contributed by atoms with Gasteiger partial charge >= 0.3 is 17.4 Å². The molecule has 0 aromatic heterocycles. The molecule has 0 unspecified atom stereocenters. The average Bonchev–Trinajstić information content (AvgIpc) is 2.68. The van der Waals surface area contributed by atoms with Gasteiger partial charge in [0.15, 0.2) is 0 Å². The van der Waals surface area contributed by atoms with E-state index in [0.29, 0.717) is 18.6 Å². The van der Waals surface area contributed by atoms with Gasteiger partial charge in [0, 0.05) is 18.6 Å². The van der Waals surface area contributed by atoms with Crippen molar-refractivity contribution in [2.24, 2.45) is 0 Å². The molecule has 6 nitrogen and oxygen atoms in total. The number of rotatable bonds is 6. The van der Waals surface area contributed by atoms with Crippen molar-refractivity contribution in [1.29, 1.82) is 0 Å². The first-order chi connectivity index (χ1) is 11.0. The summed E-state index contributed by atoms with van der Waals surface area (Å²) in [5.41, 5.74) is -0.461. The van der Waals surface area contributed by atoms with E-state index in [9.17, 15) is 8.42 Å². The molecule has 1 aliphatic rings. The van der Waals surface area contributed by atoms with Crippen LogP contribution in [0.5, 0.6) is 5.75 Å². The Morgan fingerprint density at radius 3 is 2.04 bits per heavy atom. The van der Waals surface area contributed by atoms with Crippen LogP contribution in [-0.4, -0.2) is 44.1 Å². The van der Waals surface area contributed by atoms with Gasteiger partial charge in [0.2, 0.25) is 0 Å². The van der Waals surface area contributed by atoms with E-state index in [1.54, 1.807) is 38.1 Å². The fraction of sp³-hybridized carbons (Fsp3) is 0.625. The van der Waals surface area contributed by atoms with Gasteiger partial charge in [-0.25, -0.2) is 0 Å². The van der Waals surface area contributed by atoms with Gasteiger partial charge in [-0.2, -0.15) is 12.7 Å². The zero-order valence-corrected chi connectivity index (χ0v) is 16.0. The summed E-state index contributed by atoms with van der Waals surface area (Å²) in [5, 5.41) is 0. The molecule has 0 aliphatic carbocycles. The summed E-state index contributed by atoms with van der Waals surface area (Å²) < 4.78 is 43.4. The van der Waals surface area contributed by atoms with Crippen molar-refractivity contribution in [2.75, 3.05) is 13.1 Å². The first kappa shape index (κ1) is 19.2. The molecule has 1 saturated heterocycles. The lowest BCUT2D eigenvalue weighted by atomic mass is 9.78. The van der Waals surface area contributed by atoms with Crippen LogP contribution in [-0.2, 0) is 19.6 Å². The molecular weight excluding hydrogens is 329 g/mol. The second-order valence-electron chi connectivity index (χ2n) is 6.75. The van der Waals surface area contributed by atoms with Gasteiger partial charge in [-0.15, -0.1) is 0 Å². The summed E-state index contributed by atoms with van der Waals surface area (Å²) in [6.45, 7) is 12.0. The van der Waals surface area contributed by atoms with Gasteiger partial charge in [-0.1, -0.05) is 32.0 Å². The van der Waals surface area contributed by atoms with Crippen molar-refractivity contribution in [3.8, 4) is 5.75 Å². The Labute approximate surface area is 145 Å². The summed E-state index contributed by atoms with van der Waals surface area (Å²) in [6.07, 6.45) is 0. The number of hydrogen-bond donors (Lipinski definition) is 0. The number of hydrogen-bond acceptors (Lipinski definition) is 5. The number of benzene rings is 1. The zero-order chi connectivity index (χ0) is 18.2. The Bertz CT molecular complexity index is 669. The standard InChI is InChI=1S/C16H26BNO5S/c1-7-18(8-2)24(19,20)21-14-12-10-9-11-13(14)17-22-15(3,4)16(5,6)23-17/h9-12H,7-8H2,1-6H3. The highest BCUT2D eigenvalue weighted by molar-refractivity contribution is 7.84. The van der Waals surface area contributed by atoms with Crippen LogP contribution in [0.2, 0.25) is 0 Å². The highest BCUT2D eigenvalue weighted by atomic mass is 32.2. The predicted octanol–water partition coefficient (Wildman–Crippen LogP) is 1.95. The molecule has 1 fully saturated rings. The lowest BCUT2D eigenvalue weighted by molar-refractivity contribution is 0.00578. The van der Waals surface area contributed by atoms with Gasteiger partial charge in [0.1, 0.15) is 5.75 Å². The Morgan fingerprint density at radius 1 is 1.04 bits per heavy atom. The molecule has 24 heavy (non-hydrogen) atoms. The van der Waals surface area contributed by atoms with Crippen LogP contribution in [0.1, 0.15) is 41.5 Å². The molecule has 1 heterocycles. The normalized spacial score (nSPS) is 19.7. The molecular formula is C16H26BNO5S. The van der Waals surface area contributed by atoms with E-state index in [4.69, 9.17) is 13.5 Å². The predicted molar refractivity (Wildman–Crippen MR) is 94.6 cm³/mol. The maximum atomic E-state index is 12.4. The van der Waals surface area contributed by atoms with Crippen LogP contribution in [0.4, 0.5) is 0 Å². The van der Waals surface area contributed by atoms with Gasteiger partial charge in [-0.05, 0) is 33.8 Å². The summed E-state index contributed by atoms with van der Waals surface area (Å²) in [6, 6.07) is 6.90. The third-order valence-electron chi connectivity index (χ3n) is 4.64. The van der Waals surface area contributed by atoms with E-state index in [1.165, 1.54) is 4.31 Å². The molecule has 1 aromatic rings. The number of para-hydroxylation sites is 1. The second kappa shape index (κ2) is 6.67. The molecule has 0 saturated carbocycles. The van der Waals surface area contributed by atoms with E-state index in [-0.39, 0.29) is 5.75 Å². The molecule has 1 aromatic carbocycles. The van der Waals surface area contributed by atoms with Crippen molar-refractivity contribution >= 4 is 22.9 Å². The van der Waals surface area contributed by atoms with E-state index in [2.05, 4.69) is 0 Å². The van der Waals surface area contributed by atoms with Crippen molar-refractivity contribution in [3.63, 3.8) is 0 Å². The van der Waals surface area contributed by atoms with Crippen LogP contribution in [0.25, 0.3) is 0 Å². The van der Waals surface area contributed by atoms with Gasteiger partial charge < -0.3 is 13.5 Å². The van der Waals surface area contributed by atoms with Crippen molar-refractivity contribution in [1.82, 2.24) is 4.31 Å². The number of nitrogens with zero attached hydrogens (tertiary/aromatic N) is 1. The maximum Gasteiger partial charge on any atom is 0.498 e. The van der Waals surface area contributed by atoms with Crippen LogP contribution in [0.15, 0.2) is 24.3 Å². The van der Waals surface area contributed by atoms with Crippen LogP contribution in [0.3, 0.4) is 0 Å². The smallest absolute Gasteiger partial charge is 0.399 e. The molecule has 1 aliphatic heterocycles. The van der Waals surface area contributed by atoms with Crippen LogP contribution >= 0.6 is 0 Å². The molecule has 8 heteroatoms. The lowest BCUT2D eigenvalue weighted by Crippen LogP contribution is -2.41. The van der Waals surface area contributed by atoms with Gasteiger partial charge in [0.05, 0.1) is 11.2 Å². The first-order valence-corrected chi connectivity index (χ1v) is 9.54. The third kappa shape index (κ3) is 3.61. The minimum atomic E-state index is -3.86.